The van der Waals surface area contributed by atoms with Gasteiger partial charge in [-0.1, -0.05) is 25.4 Å². The van der Waals surface area contributed by atoms with Crippen molar-refractivity contribution in [1.82, 2.24) is 4.98 Å². The Morgan fingerprint density at radius 3 is 2.65 bits per heavy atom. The Morgan fingerprint density at radius 2 is 2.04 bits per heavy atom. The zero-order valence-electron chi connectivity index (χ0n) is 14.5. The monoisotopic (exact) mass is 396 g/mol. The van der Waals surface area contributed by atoms with Crippen LogP contribution in [0, 0.1) is 0 Å². The molecule has 0 saturated carbocycles. The van der Waals surface area contributed by atoms with Gasteiger partial charge in [0.1, 0.15) is 11.6 Å². The first-order chi connectivity index (χ1) is 12.3. The van der Waals surface area contributed by atoms with Crippen molar-refractivity contribution < 1.29 is 14.3 Å². The molecule has 9 heteroatoms. The minimum Gasteiger partial charge on any atom is -0.492 e. The largest absolute Gasteiger partial charge is 0.492 e. The molecule has 1 aromatic carbocycles. The van der Waals surface area contributed by atoms with E-state index in [0.29, 0.717) is 33.9 Å². The number of benzene rings is 1. The van der Waals surface area contributed by atoms with E-state index in [2.05, 4.69) is 24.1 Å². The van der Waals surface area contributed by atoms with Crippen LogP contribution < -0.4 is 21.5 Å². The van der Waals surface area contributed by atoms with Gasteiger partial charge in [0.25, 0.3) is 5.91 Å². The van der Waals surface area contributed by atoms with Crippen LogP contribution in [0.15, 0.2) is 24.3 Å². The number of hydrogen-bond donors (Lipinski definition) is 4. The zero-order chi connectivity index (χ0) is 19.3. The van der Waals surface area contributed by atoms with Crippen LogP contribution in [-0.4, -0.2) is 34.5 Å². The van der Waals surface area contributed by atoms with Gasteiger partial charge in [-0.15, -0.1) is 0 Å². The van der Waals surface area contributed by atoms with Crippen LogP contribution in [0.4, 0.5) is 10.6 Å². The molecular weight excluding hydrogens is 376 g/mol. The normalized spacial score (nSPS) is 10.8. The number of aromatic amines is 1. The van der Waals surface area contributed by atoms with Crippen molar-refractivity contribution in [3.05, 3.63) is 34.9 Å². The van der Waals surface area contributed by atoms with Gasteiger partial charge < -0.3 is 21.2 Å². The van der Waals surface area contributed by atoms with Crippen LogP contribution in [0.5, 0.6) is 5.75 Å². The summed E-state index contributed by atoms with van der Waals surface area (Å²) in [6.07, 6.45) is 0. The van der Waals surface area contributed by atoms with Crippen molar-refractivity contribution in [3.8, 4) is 17.0 Å². The molecule has 2 rings (SSSR count). The fourth-order valence-corrected chi connectivity index (χ4v) is 3.11. The number of hydrogen-bond acceptors (Lipinski definition) is 4. The summed E-state index contributed by atoms with van der Waals surface area (Å²) in [6.45, 7) is 4.76. The number of thioether (sulfide) groups is 1. The lowest BCUT2D eigenvalue weighted by atomic mass is 10.1. The van der Waals surface area contributed by atoms with Gasteiger partial charge in [0, 0.05) is 16.3 Å². The van der Waals surface area contributed by atoms with Crippen LogP contribution in [-0.2, 0) is 0 Å². The van der Waals surface area contributed by atoms with Gasteiger partial charge in [0.2, 0.25) is 0 Å². The molecule has 0 saturated heterocycles. The van der Waals surface area contributed by atoms with Crippen molar-refractivity contribution >= 4 is 41.1 Å². The molecule has 0 spiro atoms. The lowest BCUT2D eigenvalue weighted by Gasteiger charge is -2.12. The lowest BCUT2D eigenvalue weighted by molar-refractivity contribution is 0.100. The molecule has 1 aromatic heterocycles. The minimum atomic E-state index is -0.811. The Labute approximate surface area is 160 Å². The van der Waals surface area contributed by atoms with E-state index in [-0.39, 0.29) is 11.4 Å². The average molecular weight is 397 g/mol. The molecule has 7 nitrogen and oxygen atoms in total. The standard InChI is InChI=1S/C17H21ClN4O3S/c1-9(2)26-6-5-25-14-4-3-10(18)7-11(14)13-8-12(15(19)23)16(21-13)22-17(20)24/h3-4,7-9,21H,5-6H2,1-2H3,(H2,19,23)(H3,20,22,24). The number of ether oxygens (including phenoxy) is 1. The number of H-pyrrole nitrogens is 1. The second-order valence-corrected chi connectivity index (χ2v) is 7.85. The van der Waals surface area contributed by atoms with Gasteiger partial charge >= 0.3 is 6.03 Å². The maximum absolute atomic E-state index is 11.6. The van der Waals surface area contributed by atoms with Crippen LogP contribution in [0.25, 0.3) is 11.3 Å². The van der Waals surface area contributed by atoms with Crippen molar-refractivity contribution in [2.45, 2.75) is 19.1 Å². The summed E-state index contributed by atoms with van der Waals surface area (Å²) in [5.74, 6) is 0.864. The number of carbonyl (C=O) groups excluding carboxylic acids is 2. The molecule has 1 heterocycles. The van der Waals surface area contributed by atoms with Gasteiger partial charge in [-0.3, -0.25) is 10.1 Å². The number of anilines is 1. The Morgan fingerprint density at radius 1 is 1.31 bits per heavy atom. The highest BCUT2D eigenvalue weighted by molar-refractivity contribution is 7.99. The molecule has 0 fully saturated rings. The summed E-state index contributed by atoms with van der Waals surface area (Å²) in [5, 5.41) is 3.37. The highest BCUT2D eigenvalue weighted by atomic mass is 35.5. The minimum absolute atomic E-state index is 0.111. The highest BCUT2D eigenvalue weighted by Crippen LogP contribution is 2.34. The molecule has 2 aromatic rings. The third kappa shape index (κ3) is 5.34. The van der Waals surface area contributed by atoms with E-state index in [1.54, 1.807) is 30.0 Å². The van der Waals surface area contributed by atoms with Gasteiger partial charge in [-0.05, 0) is 29.5 Å². The van der Waals surface area contributed by atoms with E-state index < -0.39 is 11.9 Å². The smallest absolute Gasteiger partial charge is 0.317 e. The molecule has 26 heavy (non-hydrogen) atoms. The molecule has 3 amide bonds. The molecular formula is C17H21ClN4O3S. The molecule has 0 aliphatic carbocycles. The SMILES string of the molecule is CC(C)SCCOc1ccc(Cl)cc1-c1cc(C(N)=O)c(NC(N)=O)[nH]1. The second kappa shape index (κ2) is 8.86. The lowest BCUT2D eigenvalue weighted by Crippen LogP contribution is -2.22. The van der Waals surface area contributed by atoms with Crippen molar-refractivity contribution in [3.63, 3.8) is 0 Å². The molecule has 0 unspecified atom stereocenters. The number of primary amides is 2. The summed E-state index contributed by atoms with van der Waals surface area (Å²) in [4.78, 5) is 25.7. The van der Waals surface area contributed by atoms with E-state index >= 15 is 0 Å². The van der Waals surface area contributed by atoms with Gasteiger partial charge in [0.15, 0.2) is 0 Å². The predicted octanol–water partition coefficient (Wildman–Crippen LogP) is 3.45. The first-order valence-electron chi connectivity index (χ1n) is 7.91. The Kier molecular flexibility index (Phi) is 6.82. The van der Waals surface area contributed by atoms with Crippen molar-refractivity contribution in [2.24, 2.45) is 11.5 Å². The molecule has 0 atom stereocenters. The van der Waals surface area contributed by atoms with E-state index in [1.165, 1.54) is 6.07 Å². The number of halogens is 1. The fourth-order valence-electron chi connectivity index (χ4n) is 2.29. The van der Waals surface area contributed by atoms with E-state index in [9.17, 15) is 9.59 Å². The quantitative estimate of drug-likeness (QED) is 0.510. The Hall–Kier alpha value is -2.32. The predicted molar refractivity (Wildman–Crippen MR) is 106 cm³/mol. The fraction of sp³-hybridized carbons (Fsp3) is 0.294. The first-order valence-corrected chi connectivity index (χ1v) is 9.34. The third-order valence-electron chi connectivity index (χ3n) is 3.36. The van der Waals surface area contributed by atoms with Crippen LogP contribution in [0.2, 0.25) is 5.02 Å². The summed E-state index contributed by atoms with van der Waals surface area (Å²) in [5.41, 5.74) is 11.8. The van der Waals surface area contributed by atoms with Gasteiger partial charge in [0.05, 0.1) is 17.9 Å². The summed E-state index contributed by atoms with van der Waals surface area (Å²) < 4.78 is 5.86. The van der Waals surface area contributed by atoms with E-state index in [0.717, 1.165) is 5.75 Å². The van der Waals surface area contributed by atoms with Crippen LogP contribution >= 0.6 is 23.4 Å². The Balaban J connectivity index is 2.33. The number of amides is 3. The second-order valence-electron chi connectivity index (χ2n) is 5.73. The number of aromatic nitrogens is 1. The Bertz CT molecular complexity index is 807. The molecule has 0 aliphatic heterocycles. The molecule has 0 aliphatic rings. The topological polar surface area (TPSA) is 123 Å². The first kappa shape index (κ1) is 20.0. The number of urea groups is 1. The maximum Gasteiger partial charge on any atom is 0.317 e. The van der Waals surface area contributed by atoms with E-state index in [4.69, 9.17) is 27.8 Å². The molecule has 140 valence electrons. The number of nitrogens with one attached hydrogen (secondary N) is 2. The molecule has 6 N–H and O–H groups in total. The van der Waals surface area contributed by atoms with Gasteiger partial charge in [-0.2, -0.15) is 11.8 Å². The van der Waals surface area contributed by atoms with Crippen molar-refractivity contribution in [2.75, 3.05) is 17.7 Å². The summed E-state index contributed by atoms with van der Waals surface area (Å²) >= 11 is 7.90. The number of carbonyl (C=O) groups is 2. The molecule has 0 radical (unpaired) electrons. The van der Waals surface area contributed by atoms with E-state index in [1.807, 2.05) is 0 Å². The summed E-state index contributed by atoms with van der Waals surface area (Å²) in [6, 6.07) is 5.89. The third-order valence-corrected chi connectivity index (χ3v) is 4.66. The van der Waals surface area contributed by atoms with Crippen molar-refractivity contribution in [1.29, 1.82) is 0 Å². The van der Waals surface area contributed by atoms with Crippen LogP contribution in [0.1, 0.15) is 24.2 Å². The molecule has 0 bridgehead atoms. The van der Waals surface area contributed by atoms with Gasteiger partial charge in [-0.25, -0.2) is 4.79 Å². The average Bonchev–Trinajstić information content (AvgIpc) is 2.95. The highest BCUT2D eigenvalue weighted by Gasteiger charge is 2.18. The maximum atomic E-state index is 11.6. The number of nitrogens with two attached hydrogens (primary N) is 2. The number of rotatable bonds is 8. The van der Waals surface area contributed by atoms with Crippen LogP contribution in [0.3, 0.4) is 0 Å². The summed E-state index contributed by atoms with van der Waals surface area (Å²) in [7, 11) is 0. The zero-order valence-corrected chi connectivity index (χ0v) is 16.0.